The number of likely N-dealkylation sites (N-methyl/N-ethyl adjacent to an activating group) is 1. The van der Waals surface area contributed by atoms with Gasteiger partial charge in [-0.3, -0.25) is 0 Å². The lowest BCUT2D eigenvalue weighted by atomic mass is 10.1. The molecule has 2 N–H and O–H groups in total. The van der Waals surface area contributed by atoms with Crippen molar-refractivity contribution in [3.8, 4) is 0 Å². The van der Waals surface area contributed by atoms with Gasteiger partial charge in [0.25, 0.3) is 0 Å². The molecule has 0 saturated carbocycles. The molecular formula is C13H22N2O. The van der Waals surface area contributed by atoms with Gasteiger partial charge in [0, 0.05) is 31.9 Å². The highest BCUT2D eigenvalue weighted by Crippen LogP contribution is 2.25. The Morgan fingerprint density at radius 1 is 1.31 bits per heavy atom. The SMILES string of the molecule is COCC(C)N(C)c1ccccc1[C@@H](C)N. The lowest BCUT2D eigenvalue weighted by Gasteiger charge is -2.29. The van der Waals surface area contributed by atoms with Crippen molar-refractivity contribution in [2.45, 2.75) is 25.9 Å². The summed E-state index contributed by atoms with van der Waals surface area (Å²) in [6, 6.07) is 8.63. The Labute approximate surface area is 98.2 Å². The maximum Gasteiger partial charge on any atom is 0.0663 e. The van der Waals surface area contributed by atoms with E-state index in [1.807, 2.05) is 19.1 Å². The average Bonchev–Trinajstić information content (AvgIpc) is 2.28. The summed E-state index contributed by atoms with van der Waals surface area (Å²) in [5, 5.41) is 0. The standard InChI is InChI=1S/C13H22N2O/c1-10(9-16-4)15(3)13-8-6-5-7-12(13)11(2)14/h5-8,10-11H,9,14H2,1-4H3/t10?,11-/m1/s1. The smallest absolute Gasteiger partial charge is 0.0663 e. The molecule has 0 aliphatic rings. The average molecular weight is 222 g/mol. The van der Waals surface area contributed by atoms with Crippen LogP contribution >= 0.6 is 0 Å². The normalized spacial score (nSPS) is 14.6. The Morgan fingerprint density at radius 2 is 1.94 bits per heavy atom. The van der Waals surface area contributed by atoms with Gasteiger partial charge in [0.2, 0.25) is 0 Å². The van der Waals surface area contributed by atoms with Gasteiger partial charge in [-0.05, 0) is 25.5 Å². The van der Waals surface area contributed by atoms with Crippen LogP contribution in [0.4, 0.5) is 5.69 Å². The van der Waals surface area contributed by atoms with Gasteiger partial charge < -0.3 is 15.4 Å². The number of benzene rings is 1. The van der Waals surface area contributed by atoms with Crippen molar-refractivity contribution >= 4 is 5.69 Å². The van der Waals surface area contributed by atoms with E-state index < -0.39 is 0 Å². The van der Waals surface area contributed by atoms with Crippen LogP contribution in [0.5, 0.6) is 0 Å². The van der Waals surface area contributed by atoms with Crippen molar-refractivity contribution in [1.29, 1.82) is 0 Å². The van der Waals surface area contributed by atoms with E-state index in [4.69, 9.17) is 10.5 Å². The molecule has 1 aromatic carbocycles. The van der Waals surface area contributed by atoms with Crippen LogP contribution in [-0.4, -0.2) is 26.8 Å². The van der Waals surface area contributed by atoms with E-state index in [2.05, 4.69) is 31.0 Å². The number of ether oxygens (including phenoxy) is 1. The molecule has 0 aliphatic carbocycles. The van der Waals surface area contributed by atoms with Crippen LogP contribution < -0.4 is 10.6 Å². The number of nitrogens with two attached hydrogens (primary N) is 1. The first-order chi connectivity index (χ1) is 7.57. The molecule has 0 spiro atoms. The summed E-state index contributed by atoms with van der Waals surface area (Å²) in [5.74, 6) is 0. The maximum atomic E-state index is 5.97. The summed E-state index contributed by atoms with van der Waals surface area (Å²) in [7, 11) is 3.80. The number of rotatable bonds is 5. The third-order valence-corrected chi connectivity index (χ3v) is 2.88. The van der Waals surface area contributed by atoms with E-state index in [9.17, 15) is 0 Å². The van der Waals surface area contributed by atoms with E-state index in [0.717, 1.165) is 0 Å². The highest BCUT2D eigenvalue weighted by Gasteiger charge is 2.14. The first kappa shape index (κ1) is 13.0. The molecular weight excluding hydrogens is 200 g/mol. The molecule has 16 heavy (non-hydrogen) atoms. The molecule has 0 heterocycles. The molecule has 0 radical (unpaired) electrons. The van der Waals surface area contributed by atoms with E-state index in [1.165, 1.54) is 11.3 Å². The lowest BCUT2D eigenvalue weighted by Crippen LogP contribution is -2.33. The summed E-state index contributed by atoms with van der Waals surface area (Å²) < 4.78 is 5.17. The van der Waals surface area contributed by atoms with Gasteiger partial charge >= 0.3 is 0 Å². The summed E-state index contributed by atoms with van der Waals surface area (Å²) in [4.78, 5) is 2.21. The van der Waals surface area contributed by atoms with Gasteiger partial charge in [0.15, 0.2) is 0 Å². The van der Waals surface area contributed by atoms with Crippen molar-refractivity contribution in [1.82, 2.24) is 0 Å². The Morgan fingerprint density at radius 3 is 2.50 bits per heavy atom. The molecule has 3 nitrogen and oxygen atoms in total. The first-order valence-corrected chi connectivity index (χ1v) is 5.64. The zero-order chi connectivity index (χ0) is 12.1. The van der Waals surface area contributed by atoms with Crippen LogP contribution in [0.2, 0.25) is 0 Å². The molecule has 2 atom stereocenters. The minimum absolute atomic E-state index is 0.0494. The highest BCUT2D eigenvalue weighted by molar-refractivity contribution is 5.54. The number of para-hydroxylation sites is 1. The predicted molar refractivity (Wildman–Crippen MR) is 68.8 cm³/mol. The largest absolute Gasteiger partial charge is 0.383 e. The number of nitrogens with zero attached hydrogens (tertiary/aromatic N) is 1. The molecule has 0 aliphatic heterocycles. The second-order valence-corrected chi connectivity index (χ2v) is 4.26. The van der Waals surface area contributed by atoms with E-state index in [-0.39, 0.29) is 6.04 Å². The van der Waals surface area contributed by atoms with Gasteiger partial charge in [-0.1, -0.05) is 18.2 Å². The van der Waals surface area contributed by atoms with E-state index >= 15 is 0 Å². The van der Waals surface area contributed by atoms with E-state index in [1.54, 1.807) is 7.11 Å². The third-order valence-electron chi connectivity index (χ3n) is 2.88. The molecule has 0 bridgehead atoms. The summed E-state index contributed by atoms with van der Waals surface area (Å²) >= 11 is 0. The minimum atomic E-state index is 0.0494. The molecule has 1 aromatic rings. The quantitative estimate of drug-likeness (QED) is 0.830. The van der Waals surface area contributed by atoms with Gasteiger partial charge in [0.05, 0.1) is 6.61 Å². The van der Waals surface area contributed by atoms with Gasteiger partial charge in [-0.2, -0.15) is 0 Å². The number of anilines is 1. The lowest BCUT2D eigenvalue weighted by molar-refractivity contribution is 0.183. The number of hydrogen-bond donors (Lipinski definition) is 1. The molecule has 0 aromatic heterocycles. The van der Waals surface area contributed by atoms with Crippen LogP contribution in [0.1, 0.15) is 25.5 Å². The Balaban J connectivity index is 2.93. The Hall–Kier alpha value is -1.06. The monoisotopic (exact) mass is 222 g/mol. The van der Waals surface area contributed by atoms with Crippen LogP contribution in [0.25, 0.3) is 0 Å². The molecule has 0 fully saturated rings. The third kappa shape index (κ3) is 2.97. The zero-order valence-electron chi connectivity index (χ0n) is 10.6. The fraction of sp³-hybridized carbons (Fsp3) is 0.538. The van der Waals surface area contributed by atoms with Crippen molar-refractivity contribution in [3.05, 3.63) is 29.8 Å². The Kier molecular flexibility index (Phi) is 4.77. The summed E-state index contributed by atoms with van der Waals surface area (Å²) in [5.41, 5.74) is 8.32. The van der Waals surface area contributed by atoms with Gasteiger partial charge in [-0.25, -0.2) is 0 Å². The van der Waals surface area contributed by atoms with Crippen LogP contribution in [0, 0.1) is 0 Å². The van der Waals surface area contributed by atoms with Crippen molar-refractivity contribution in [2.24, 2.45) is 5.73 Å². The molecule has 0 saturated heterocycles. The number of hydrogen-bond acceptors (Lipinski definition) is 3. The molecule has 1 unspecified atom stereocenters. The molecule has 3 heteroatoms. The van der Waals surface area contributed by atoms with Crippen LogP contribution in [0.15, 0.2) is 24.3 Å². The van der Waals surface area contributed by atoms with Gasteiger partial charge in [0.1, 0.15) is 0 Å². The maximum absolute atomic E-state index is 5.97. The second kappa shape index (κ2) is 5.87. The fourth-order valence-electron chi connectivity index (χ4n) is 1.78. The summed E-state index contributed by atoms with van der Waals surface area (Å²) in [6.07, 6.45) is 0. The first-order valence-electron chi connectivity index (χ1n) is 5.64. The zero-order valence-corrected chi connectivity index (χ0v) is 10.6. The summed E-state index contributed by atoms with van der Waals surface area (Å²) in [6.45, 7) is 4.86. The molecule has 0 amide bonds. The van der Waals surface area contributed by atoms with E-state index in [0.29, 0.717) is 12.6 Å². The minimum Gasteiger partial charge on any atom is -0.383 e. The molecule has 90 valence electrons. The number of methoxy groups -OCH3 is 1. The van der Waals surface area contributed by atoms with Crippen molar-refractivity contribution < 1.29 is 4.74 Å². The molecule has 1 rings (SSSR count). The van der Waals surface area contributed by atoms with Crippen LogP contribution in [0.3, 0.4) is 0 Å². The Bertz CT molecular complexity index is 325. The second-order valence-electron chi connectivity index (χ2n) is 4.26. The fourth-order valence-corrected chi connectivity index (χ4v) is 1.78. The van der Waals surface area contributed by atoms with Crippen molar-refractivity contribution in [3.63, 3.8) is 0 Å². The topological polar surface area (TPSA) is 38.5 Å². The van der Waals surface area contributed by atoms with Crippen molar-refractivity contribution in [2.75, 3.05) is 25.7 Å². The van der Waals surface area contributed by atoms with Gasteiger partial charge in [-0.15, -0.1) is 0 Å². The predicted octanol–water partition coefficient (Wildman–Crippen LogP) is 2.18. The highest BCUT2D eigenvalue weighted by atomic mass is 16.5. The van der Waals surface area contributed by atoms with Crippen LogP contribution in [-0.2, 0) is 4.74 Å².